The molecule has 0 amide bonds. The first-order valence-electron chi connectivity index (χ1n) is 6.45. The predicted octanol–water partition coefficient (Wildman–Crippen LogP) is 2.44. The molecule has 0 saturated heterocycles. The van der Waals surface area contributed by atoms with E-state index >= 15 is 0 Å². The first kappa shape index (κ1) is 17.3. The molecule has 0 aliphatic carbocycles. The summed E-state index contributed by atoms with van der Waals surface area (Å²) in [6.07, 6.45) is 2.11. The fourth-order valence-electron chi connectivity index (χ4n) is 1.31. The fraction of sp³-hybridized carbons (Fsp3) is 0.769. The van der Waals surface area contributed by atoms with Crippen LogP contribution < -0.4 is 0 Å². The molecule has 0 aliphatic rings. The van der Waals surface area contributed by atoms with Crippen molar-refractivity contribution < 1.29 is 19.0 Å². The van der Waals surface area contributed by atoms with Gasteiger partial charge in [-0.25, -0.2) is 4.79 Å². The Morgan fingerprint density at radius 1 is 1.22 bits per heavy atom. The number of hydrogen-bond donors (Lipinski definition) is 0. The van der Waals surface area contributed by atoms with Crippen molar-refractivity contribution >= 4 is 15.5 Å². The Hall–Kier alpha value is -0.653. The van der Waals surface area contributed by atoms with Crippen LogP contribution in [0.5, 0.6) is 0 Å². The van der Waals surface area contributed by atoms with Gasteiger partial charge < -0.3 is 14.2 Å². The van der Waals surface area contributed by atoms with Crippen LogP contribution in [0.1, 0.15) is 27.2 Å². The average Bonchev–Trinajstić information content (AvgIpc) is 2.36. The van der Waals surface area contributed by atoms with E-state index < -0.39 is 6.29 Å². The summed E-state index contributed by atoms with van der Waals surface area (Å²) < 4.78 is 16.0. The molecule has 0 unspecified atom stereocenters. The highest BCUT2D eigenvalue weighted by molar-refractivity contribution is 6.35. The Morgan fingerprint density at radius 3 is 2.28 bits per heavy atom. The standard InChI is InChI=1S/C13H24O4Si/c1-5-8-17-13(14)11(10-18-4)9-12(15-6-2)16-7-3/h9,12H,5-8,10H2,1-4H3. The third kappa shape index (κ3) is 7.63. The second-order valence-electron chi connectivity index (χ2n) is 3.64. The Bertz CT molecular complexity index is 247. The van der Waals surface area contributed by atoms with E-state index in [1.165, 1.54) is 0 Å². The maximum Gasteiger partial charge on any atom is 0.333 e. The van der Waals surface area contributed by atoms with Gasteiger partial charge in [-0.3, -0.25) is 0 Å². The molecule has 18 heavy (non-hydrogen) atoms. The van der Waals surface area contributed by atoms with E-state index in [0.717, 1.165) is 6.42 Å². The molecule has 2 radical (unpaired) electrons. The van der Waals surface area contributed by atoms with E-state index in [2.05, 4.69) is 6.55 Å². The lowest BCUT2D eigenvalue weighted by Gasteiger charge is -2.15. The summed E-state index contributed by atoms with van der Waals surface area (Å²) in [4.78, 5) is 11.8. The molecule has 0 heterocycles. The molecule has 0 bridgehead atoms. The summed E-state index contributed by atoms with van der Waals surface area (Å²) >= 11 is 0. The monoisotopic (exact) mass is 272 g/mol. The van der Waals surface area contributed by atoms with Crippen LogP contribution in [0.3, 0.4) is 0 Å². The molecule has 104 valence electrons. The van der Waals surface area contributed by atoms with Crippen molar-refractivity contribution in [1.29, 1.82) is 0 Å². The van der Waals surface area contributed by atoms with Crippen molar-refractivity contribution in [3.63, 3.8) is 0 Å². The summed E-state index contributed by atoms with van der Waals surface area (Å²) in [7, 11) is 0.659. The van der Waals surface area contributed by atoms with Crippen molar-refractivity contribution in [2.75, 3.05) is 19.8 Å². The lowest BCUT2D eigenvalue weighted by molar-refractivity contribution is -0.139. The first-order valence-corrected chi connectivity index (χ1v) is 8.15. The zero-order valence-corrected chi connectivity index (χ0v) is 12.8. The Kier molecular flexibility index (Phi) is 11.0. The maximum absolute atomic E-state index is 11.8. The smallest absolute Gasteiger partial charge is 0.333 e. The van der Waals surface area contributed by atoms with Crippen LogP contribution in [0.15, 0.2) is 11.6 Å². The highest BCUT2D eigenvalue weighted by atomic mass is 28.2. The van der Waals surface area contributed by atoms with Gasteiger partial charge in [0.2, 0.25) is 0 Å². The number of carbonyl (C=O) groups is 1. The van der Waals surface area contributed by atoms with Gasteiger partial charge in [0, 0.05) is 28.3 Å². The van der Waals surface area contributed by atoms with Crippen LogP contribution in [0.25, 0.3) is 0 Å². The van der Waals surface area contributed by atoms with E-state index in [9.17, 15) is 4.79 Å². The van der Waals surface area contributed by atoms with Crippen LogP contribution in [0.2, 0.25) is 12.6 Å². The topological polar surface area (TPSA) is 44.8 Å². The molecule has 0 rings (SSSR count). The van der Waals surface area contributed by atoms with E-state index in [0.29, 0.717) is 41.0 Å². The van der Waals surface area contributed by atoms with Gasteiger partial charge in [0.25, 0.3) is 0 Å². The van der Waals surface area contributed by atoms with Gasteiger partial charge in [0.15, 0.2) is 6.29 Å². The molecule has 0 aromatic rings. The Labute approximate surface area is 113 Å². The second kappa shape index (κ2) is 11.4. The van der Waals surface area contributed by atoms with E-state index in [-0.39, 0.29) is 5.97 Å². The second-order valence-corrected chi connectivity index (χ2v) is 4.70. The number of esters is 1. The maximum atomic E-state index is 11.8. The van der Waals surface area contributed by atoms with Crippen LogP contribution in [-0.4, -0.2) is 41.6 Å². The van der Waals surface area contributed by atoms with Crippen molar-refractivity contribution in [2.45, 2.75) is 46.1 Å². The molecule has 0 fully saturated rings. The van der Waals surface area contributed by atoms with Gasteiger partial charge in [0.05, 0.1) is 6.61 Å². The Morgan fingerprint density at radius 2 is 1.83 bits per heavy atom. The van der Waals surface area contributed by atoms with E-state index in [4.69, 9.17) is 14.2 Å². The SMILES string of the molecule is CCCOC(=O)C(=CC(OCC)OCC)C[Si]C. The first-order chi connectivity index (χ1) is 8.69. The fourth-order valence-corrected chi connectivity index (χ4v) is 1.96. The summed E-state index contributed by atoms with van der Waals surface area (Å²) in [6.45, 7) is 9.38. The van der Waals surface area contributed by atoms with Crippen LogP contribution in [-0.2, 0) is 19.0 Å². The molecule has 0 aromatic carbocycles. The van der Waals surface area contributed by atoms with Crippen LogP contribution in [0, 0.1) is 0 Å². The molecule has 5 heteroatoms. The third-order valence-electron chi connectivity index (χ3n) is 2.07. The molecular formula is C13H24O4Si. The molecule has 0 N–H and O–H groups in total. The molecule has 4 nitrogen and oxygen atoms in total. The van der Waals surface area contributed by atoms with Crippen molar-refractivity contribution in [1.82, 2.24) is 0 Å². The summed E-state index contributed by atoms with van der Waals surface area (Å²) in [5, 5.41) is 0. The number of ether oxygens (including phenoxy) is 3. The van der Waals surface area contributed by atoms with Crippen LogP contribution >= 0.6 is 0 Å². The number of carbonyl (C=O) groups excluding carboxylic acids is 1. The largest absolute Gasteiger partial charge is 0.462 e. The summed E-state index contributed by atoms with van der Waals surface area (Å²) in [6, 6.07) is 0.708. The highest BCUT2D eigenvalue weighted by Crippen LogP contribution is 2.10. The predicted molar refractivity (Wildman–Crippen MR) is 72.8 cm³/mol. The van der Waals surface area contributed by atoms with E-state index in [1.807, 2.05) is 20.8 Å². The minimum Gasteiger partial charge on any atom is -0.462 e. The molecule has 0 atom stereocenters. The van der Waals surface area contributed by atoms with Gasteiger partial charge in [0.1, 0.15) is 0 Å². The highest BCUT2D eigenvalue weighted by Gasteiger charge is 2.14. The van der Waals surface area contributed by atoms with Gasteiger partial charge in [-0.05, 0) is 32.4 Å². The molecule has 0 saturated carbocycles. The van der Waals surface area contributed by atoms with Crippen molar-refractivity contribution in [2.24, 2.45) is 0 Å². The Balaban J connectivity index is 4.64. The zero-order chi connectivity index (χ0) is 13.8. The van der Waals surface area contributed by atoms with E-state index in [1.54, 1.807) is 6.08 Å². The normalized spacial score (nSPS) is 11.9. The average molecular weight is 272 g/mol. The minimum absolute atomic E-state index is 0.254. The number of rotatable bonds is 10. The molecule has 0 aromatic heterocycles. The van der Waals surface area contributed by atoms with Crippen LogP contribution in [0.4, 0.5) is 0 Å². The zero-order valence-electron chi connectivity index (χ0n) is 11.8. The summed E-state index contributed by atoms with van der Waals surface area (Å²) in [5.74, 6) is -0.254. The quantitative estimate of drug-likeness (QED) is 0.265. The summed E-state index contributed by atoms with van der Waals surface area (Å²) in [5.41, 5.74) is 0.649. The lowest BCUT2D eigenvalue weighted by atomic mass is 10.3. The van der Waals surface area contributed by atoms with Gasteiger partial charge in [-0.1, -0.05) is 13.5 Å². The van der Waals surface area contributed by atoms with Gasteiger partial charge >= 0.3 is 5.97 Å². The van der Waals surface area contributed by atoms with Gasteiger partial charge in [-0.15, -0.1) is 0 Å². The van der Waals surface area contributed by atoms with Crippen molar-refractivity contribution in [3.8, 4) is 0 Å². The molecular weight excluding hydrogens is 248 g/mol. The third-order valence-corrected chi connectivity index (χ3v) is 2.80. The minimum atomic E-state index is -0.458. The molecule has 0 aliphatic heterocycles. The lowest BCUT2D eigenvalue weighted by Crippen LogP contribution is -2.18. The van der Waals surface area contributed by atoms with Gasteiger partial charge in [-0.2, -0.15) is 0 Å². The molecule has 0 spiro atoms. The number of hydrogen-bond acceptors (Lipinski definition) is 4. The van der Waals surface area contributed by atoms with Crippen molar-refractivity contribution in [3.05, 3.63) is 11.6 Å².